The van der Waals surface area contributed by atoms with Crippen molar-refractivity contribution in [2.24, 2.45) is 4.99 Å². The molecular weight excluding hydrogens is 221 g/mol. The van der Waals surface area contributed by atoms with Gasteiger partial charge in [-0.15, -0.1) is 0 Å². The van der Waals surface area contributed by atoms with Crippen molar-refractivity contribution in [2.45, 2.75) is 20.1 Å². The summed E-state index contributed by atoms with van der Waals surface area (Å²) in [5, 5.41) is 0. The molecule has 0 aromatic heterocycles. The molecule has 0 atom stereocenters. The quantitative estimate of drug-likeness (QED) is 0.541. The molecule has 94 valence electrons. The van der Waals surface area contributed by atoms with Crippen molar-refractivity contribution in [1.82, 2.24) is 0 Å². The number of hydrogen-bond acceptors (Lipinski definition) is 3. The first-order valence-electron chi connectivity index (χ1n) is 5.75. The zero-order chi connectivity index (χ0) is 12.5. The van der Waals surface area contributed by atoms with Crippen LogP contribution in [-0.4, -0.2) is 32.3 Å². The van der Waals surface area contributed by atoms with Crippen LogP contribution in [-0.2, 0) is 9.47 Å². The van der Waals surface area contributed by atoms with E-state index in [9.17, 15) is 4.39 Å². The molecule has 0 radical (unpaired) electrons. The molecule has 0 aliphatic carbocycles. The van der Waals surface area contributed by atoms with Crippen LogP contribution in [0.4, 0.5) is 4.39 Å². The number of rotatable bonds is 7. The van der Waals surface area contributed by atoms with Gasteiger partial charge in [-0.1, -0.05) is 18.2 Å². The van der Waals surface area contributed by atoms with E-state index in [0.717, 1.165) is 0 Å². The van der Waals surface area contributed by atoms with E-state index in [-0.39, 0.29) is 12.1 Å². The summed E-state index contributed by atoms with van der Waals surface area (Å²) in [5.74, 6) is -0.277. The number of nitrogens with zero attached hydrogens (tertiary/aromatic N) is 1. The van der Waals surface area contributed by atoms with Gasteiger partial charge in [0, 0.05) is 25.0 Å². The Morgan fingerprint density at radius 2 is 1.88 bits per heavy atom. The molecule has 0 amide bonds. The number of halogens is 1. The summed E-state index contributed by atoms with van der Waals surface area (Å²) in [7, 11) is 0. The largest absolute Gasteiger partial charge is 0.351 e. The van der Waals surface area contributed by atoms with Crippen molar-refractivity contribution in [2.75, 3.05) is 19.8 Å². The molecule has 0 fully saturated rings. The number of ether oxygens (including phenoxy) is 2. The Labute approximate surface area is 101 Å². The maximum atomic E-state index is 13.3. The van der Waals surface area contributed by atoms with Crippen LogP contribution >= 0.6 is 0 Å². The lowest BCUT2D eigenvalue weighted by molar-refractivity contribution is -0.128. The van der Waals surface area contributed by atoms with Gasteiger partial charge in [0.15, 0.2) is 6.29 Å². The molecular formula is C13H18FNO2. The SMILES string of the molecule is CCOC(CN=Cc1ccccc1F)OCC. The molecule has 1 aromatic carbocycles. The van der Waals surface area contributed by atoms with Crippen LogP contribution in [0.1, 0.15) is 19.4 Å². The van der Waals surface area contributed by atoms with E-state index in [1.54, 1.807) is 18.2 Å². The van der Waals surface area contributed by atoms with Crippen molar-refractivity contribution < 1.29 is 13.9 Å². The second-order valence-corrected chi connectivity index (χ2v) is 3.36. The van der Waals surface area contributed by atoms with E-state index in [0.29, 0.717) is 25.3 Å². The predicted octanol–water partition coefficient (Wildman–Crippen LogP) is 2.64. The van der Waals surface area contributed by atoms with Crippen molar-refractivity contribution in [1.29, 1.82) is 0 Å². The molecule has 0 aliphatic heterocycles. The van der Waals surface area contributed by atoms with Crippen LogP contribution in [0.15, 0.2) is 29.3 Å². The molecule has 3 nitrogen and oxygen atoms in total. The van der Waals surface area contributed by atoms with Crippen molar-refractivity contribution >= 4 is 6.21 Å². The van der Waals surface area contributed by atoms with Gasteiger partial charge in [-0.05, 0) is 19.9 Å². The van der Waals surface area contributed by atoms with Gasteiger partial charge in [0.25, 0.3) is 0 Å². The summed E-state index contributed by atoms with van der Waals surface area (Å²) < 4.78 is 23.9. The minimum Gasteiger partial charge on any atom is -0.351 e. The monoisotopic (exact) mass is 239 g/mol. The van der Waals surface area contributed by atoms with E-state index < -0.39 is 0 Å². The molecule has 0 aliphatic rings. The first-order valence-corrected chi connectivity index (χ1v) is 5.75. The first-order chi connectivity index (χ1) is 8.27. The van der Waals surface area contributed by atoms with Crippen LogP contribution in [0.5, 0.6) is 0 Å². The summed E-state index contributed by atoms with van der Waals surface area (Å²) in [4.78, 5) is 4.12. The molecule has 0 bridgehead atoms. The van der Waals surface area contributed by atoms with E-state index in [4.69, 9.17) is 9.47 Å². The van der Waals surface area contributed by atoms with Gasteiger partial charge in [-0.25, -0.2) is 4.39 Å². The first kappa shape index (κ1) is 13.8. The van der Waals surface area contributed by atoms with Crippen LogP contribution in [0.3, 0.4) is 0 Å². The highest BCUT2D eigenvalue weighted by Gasteiger charge is 2.05. The third-order valence-electron chi connectivity index (χ3n) is 2.10. The Morgan fingerprint density at radius 1 is 1.24 bits per heavy atom. The standard InChI is InChI=1S/C13H18FNO2/c1-3-16-13(17-4-2)10-15-9-11-7-5-6-8-12(11)14/h5-9,13H,3-4,10H2,1-2H3. The van der Waals surface area contributed by atoms with Gasteiger partial charge in [0.1, 0.15) is 5.82 Å². The minimum atomic E-state index is -0.354. The van der Waals surface area contributed by atoms with Crippen LogP contribution in [0, 0.1) is 5.82 Å². The zero-order valence-electron chi connectivity index (χ0n) is 10.2. The van der Waals surface area contributed by atoms with Gasteiger partial charge in [-0.3, -0.25) is 4.99 Å². The third kappa shape index (κ3) is 5.06. The highest BCUT2D eigenvalue weighted by atomic mass is 19.1. The molecule has 0 unspecified atom stereocenters. The maximum Gasteiger partial charge on any atom is 0.176 e. The molecule has 0 heterocycles. The average molecular weight is 239 g/mol. The van der Waals surface area contributed by atoms with Gasteiger partial charge in [0.05, 0.1) is 6.54 Å². The lowest BCUT2D eigenvalue weighted by Crippen LogP contribution is -2.20. The summed E-state index contributed by atoms with van der Waals surface area (Å²) in [6.45, 7) is 5.30. The fourth-order valence-corrected chi connectivity index (χ4v) is 1.34. The van der Waals surface area contributed by atoms with Crippen molar-refractivity contribution in [3.63, 3.8) is 0 Å². The molecule has 1 aromatic rings. The smallest absolute Gasteiger partial charge is 0.176 e. The summed E-state index contributed by atoms with van der Waals surface area (Å²) in [6.07, 6.45) is 1.15. The van der Waals surface area contributed by atoms with Gasteiger partial charge in [0.2, 0.25) is 0 Å². The number of benzene rings is 1. The van der Waals surface area contributed by atoms with E-state index in [1.807, 2.05) is 13.8 Å². The Morgan fingerprint density at radius 3 is 2.47 bits per heavy atom. The summed E-state index contributed by atoms with van der Waals surface area (Å²) in [5.41, 5.74) is 0.472. The van der Waals surface area contributed by atoms with E-state index in [1.165, 1.54) is 12.3 Å². The zero-order valence-corrected chi connectivity index (χ0v) is 10.2. The summed E-state index contributed by atoms with van der Waals surface area (Å²) in [6, 6.07) is 6.50. The van der Waals surface area contributed by atoms with E-state index in [2.05, 4.69) is 4.99 Å². The second-order valence-electron chi connectivity index (χ2n) is 3.36. The molecule has 0 N–H and O–H groups in total. The minimum absolute atomic E-state index is 0.277. The molecule has 1 rings (SSSR count). The fourth-order valence-electron chi connectivity index (χ4n) is 1.34. The highest BCUT2D eigenvalue weighted by molar-refractivity contribution is 5.79. The van der Waals surface area contributed by atoms with Crippen molar-refractivity contribution in [3.8, 4) is 0 Å². The lowest BCUT2D eigenvalue weighted by Gasteiger charge is -2.14. The van der Waals surface area contributed by atoms with Crippen LogP contribution < -0.4 is 0 Å². The average Bonchev–Trinajstić information content (AvgIpc) is 2.32. The normalized spacial score (nSPS) is 11.5. The topological polar surface area (TPSA) is 30.8 Å². The highest BCUT2D eigenvalue weighted by Crippen LogP contribution is 2.03. The Kier molecular flexibility index (Phi) is 6.43. The van der Waals surface area contributed by atoms with E-state index >= 15 is 0 Å². The van der Waals surface area contributed by atoms with Crippen LogP contribution in [0.2, 0.25) is 0 Å². The molecule has 0 saturated heterocycles. The second kappa shape index (κ2) is 7.92. The lowest BCUT2D eigenvalue weighted by atomic mass is 10.2. The maximum absolute atomic E-state index is 13.3. The van der Waals surface area contributed by atoms with Gasteiger partial charge >= 0.3 is 0 Å². The number of aliphatic imine (C=N–C) groups is 1. The molecule has 17 heavy (non-hydrogen) atoms. The van der Waals surface area contributed by atoms with Gasteiger partial charge < -0.3 is 9.47 Å². The van der Waals surface area contributed by atoms with Crippen LogP contribution in [0.25, 0.3) is 0 Å². The predicted molar refractivity (Wildman–Crippen MR) is 65.9 cm³/mol. The molecule has 4 heteroatoms. The Bertz CT molecular complexity index is 349. The Balaban J connectivity index is 2.50. The molecule has 0 spiro atoms. The van der Waals surface area contributed by atoms with Crippen molar-refractivity contribution in [3.05, 3.63) is 35.6 Å². The fraction of sp³-hybridized carbons (Fsp3) is 0.462. The van der Waals surface area contributed by atoms with Gasteiger partial charge in [-0.2, -0.15) is 0 Å². The number of hydrogen-bond donors (Lipinski definition) is 0. The Hall–Kier alpha value is -1.26. The summed E-state index contributed by atoms with van der Waals surface area (Å²) >= 11 is 0. The third-order valence-corrected chi connectivity index (χ3v) is 2.10. The molecule has 0 saturated carbocycles.